The number of hydrogen-bond donors (Lipinski definition) is 2. The van der Waals surface area contributed by atoms with Crippen LogP contribution in [-0.4, -0.2) is 6.54 Å². The minimum Gasteiger partial charge on any atom is -0.329 e. The molecule has 4 heteroatoms. The lowest BCUT2D eigenvalue weighted by atomic mass is 10.1. The first-order valence-electron chi connectivity index (χ1n) is 3.56. The predicted molar refractivity (Wildman–Crippen MR) is 42.3 cm³/mol. The molecule has 0 radical (unpaired) electrons. The molecule has 0 spiro atoms. The van der Waals surface area contributed by atoms with Crippen LogP contribution in [0.1, 0.15) is 11.6 Å². The van der Waals surface area contributed by atoms with E-state index in [-0.39, 0.29) is 12.1 Å². The summed E-state index contributed by atoms with van der Waals surface area (Å²) in [6.45, 7) is 0.0256. The lowest BCUT2D eigenvalue weighted by molar-refractivity contribution is 0.528. The van der Waals surface area contributed by atoms with Crippen LogP contribution in [0, 0.1) is 11.6 Å². The summed E-state index contributed by atoms with van der Waals surface area (Å²) in [4.78, 5) is 0. The van der Waals surface area contributed by atoms with E-state index >= 15 is 0 Å². The quantitative estimate of drug-likeness (QED) is 0.697. The first-order valence-corrected chi connectivity index (χ1v) is 3.56. The number of halogens is 2. The monoisotopic (exact) mass is 172 g/mol. The first-order chi connectivity index (χ1) is 5.66. The Bertz CT molecular complexity index is 256. The lowest BCUT2D eigenvalue weighted by Crippen LogP contribution is -2.23. The van der Waals surface area contributed by atoms with Gasteiger partial charge in [-0.1, -0.05) is 6.07 Å². The maximum atomic E-state index is 12.9. The Morgan fingerprint density at radius 1 is 1.25 bits per heavy atom. The molecule has 1 aromatic rings. The molecule has 0 aliphatic carbocycles. The van der Waals surface area contributed by atoms with Crippen molar-refractivity contribution in [2.75, 3.05) is 6.54 Å². The smallest absolute Gasteiger partial charge is 0.130 e. The van der Waals surface area contributed by atoms with Crippen molar-refractivity contribution in [1.29, 1.82) is 0 Å². The molecule has 1 aromatic carbocycles. The van der Waals surface area contributed by atoms with Gasteiger partial charge in [-0.05, 0) is 12.1 Å². The van der Waals surface area contributed by atoms with Gasteiger partial charge in [-0.25, -0.2) is 8.78 Å². The summed E-state index contributed by atoms with van der Waals surface area (Å²) in [7, 11) is 0. The highest BCUT2D eigenvalue weighted by atomic mass is 19.1. The highest BCUT2D eigenvalue weighted by molar-refractivity contribution is 5.23. The molecular weight excluding hydrogens is 162 g/mol. The fraction of sp³-hybridized carbons (Fsp3) is 0.250. The van der Waals surface area contributed by atoms with E-state index < -0.39 is 17.7 Å². The van der Waals surface area contributed by atoms with E-state index in [0.717, 1.165) is 12.1 Å². The average Bonchev–Trinajstić information content (AvgIpc) is 2.03. The van der Waals surface area contributed by atoms with Crippen molar-refractivity contribution in [3.8, 4) is 0 Å². The van der Waals surface area contributed by atoms with Crippen molar-refractivity contribution in [2.24, 2.45) is 11.5 Å². The standard InChI is InChI=1S/C8H10F2N2/c9-5-2-1-3-6(10)8(5)7(12)4-11/h1-3,7H,4,11-12H2. The highest BCUT2D eigenvalue weighted by Crippen LogP contribution is 2.17. The zero-order valence-electron chi connectivity index (χ0n) is 6.43. The zero-order chi connectivity index (χ0) is 9.14. The van der Waals surface area contributed by atoms with Gasteiger partial charge < -0.3 is 11.5 Å². The van der Waals surface area contributed by atoms with Crippen molar-refractivity contribution in [1.82, 2.24) is 0 Å². The van der Waals surface area contributed by atoms with Gasteiger partial charge in [-0.3, -0.25) is 0 Å². The van der Waals surface area contributed by atoms with Gasteiger partial charge in [0.2, 0.25) is 0 Å². The van der Waals surface area contributed by atoms with E-state index in [1.807, 2.05) is 0 Å². The lowest BCUT2D eigenvalue weighted by Gasteiger charge is -2.10. The summed E-state index contributed by atoms with van der Waals surface area (Å²) in [5.74, 6) is -1.29. The number of benzene rings is 1. The van der Waals surface area contributed by atoms with Gasteiger partial charge in [0.05, 0.1) is 0 Å². The van der Waals surface area contributed by atoms with Crippen LogP contribution in [0.2, 0.25) is 0 Å². The summed E-state index contributed by atoms with van der Waals surface area (Å²) in [5, 5.41) is 0. The topological polar surface area (TPSA) is 52.0 Å². The number of rotatable bonds is 2. The molecule has 0 aliphatic heterocycles. The molecule has 1 unspecified atom stereocenters. The Balaban J connectivity index is 3.12. The summed E-state index contributed by atoms with van der Waals surface area (Å²) in [6.07, 6.45) is 0. The van der Waals surface area contributed by atoms with E-state index in [0.29, 0.717) is 0 Å². The molecule has 0 saturated heterocycles. The number of hydrogen-bond acceptors (Lipinski definition) is 2. The molecule has 0 bridgehead atoms. The molecule has 1 atom stereocenters. The zero-order valence-corrected chi connectivity index (χ0v) is 6.43. The van der Waals surface area contributed by atoms with Crippen molar-refractivity contribution in [2.45, 2.75) is 6.04 Å². The van der Waals surface area contributed by atoms with E-state index in [1.165, 1.54) is 6.07 Å². The molecule has 0 aromatic heterocycles. The highest BCUT2D eigenvalue weighted by Gasteiger charge is 2.14. The fourth-order valence-electron chi connectivity index (χ4n) is 0.983. The van der Waals surface area contributed by atoms with Crippen molar-refractivity contribution >= 4 is 0 Å². The molecular formula is C8H10F2N2. The summed E-state index contributed by atoms with van der Waals surface area (Å²) >= 11 is 0. The van der Waals surface area contributed by atoms with Crippen LogP contribution in [0.15, 0.2) is 18.2 Å². The Hall–Kier alpha value is -1.00. The van der Waals surface area contributed by atoms with Gasteiger partial charge in [0, 0.05) is 18.2 Å². The van der Waals surface area contributed by atoms with Crippen molar-refractivity contribution < 1.29 is 8.78 Å². The van der Waals surface area contributed by atoms with E-state index in [4.69, 9.17) is 11.5 Å². The van der Waals surface area contributed by atoms with Gasteiger partial charge in [0.15, 0.2) is 0 Å². The molecule has 1 rings (SSSR count). The van der Waals surface area contributed by atoms with Crippen molar-refractivity contribution in [3.63, 3.8) is 0 Å². The second-order valence-electron chi connectivity index (χ2n) is 2.48. The molecule has 2 nitrogen and oxygen atoms in total. The number of nitrogens with two attached hydrogens (primary N) is 2. The molecule has 4 N–H and O–H groups in total. The van der Waals surface area contributed by atoms with Gasteiger partial charge >= 0.3 is 0 Å². The van der Waals surface area contributed by atoms with Crippen LogP contribution in [0.5, 0.6) is 0 Å². The van der Waals surface area contributed by atoms with E-state index in [2.05, 4.69) is 0 Å². The maximum absolute atomic E-state index is 12.9. The Morgan fingerprint density at radius 2 is 1.75 bits per heavy atom. The van der Waals surface area contributed by atoms with Crippen LogP contribution < -0.4 is 11.5 Å². The Morgan fingerprint density at radius 3 is 2.17 bits per heavy atom. The van der Waals surface area contributed by atoms with Gasteiger partial charge in [0.1, 0.15) is 11.6 Å². The largest absolute Gasteiger partial charge is 0.329 e. The third kappa shape index (κ3) is 1.60. The van der Waals surface area contributed by atoms with E-state index in [1.54, 1.807) is 0 Å². The van der Waals surface area contributed by atoms with Gasteiger partial charge in [-0.15, -0.1) is 0 Å². The minimum absolute atomic E-state index is 0.0256. The summed E-state index contributed by atoms with van der Waals surface area (Å²) in [5.41, 5.74) is 10.4. The third-order valence-electron chi connectivity index (χ3n) is 1.62. The van der Waals surface area contributed by atoms with Crippen molar-refractivity contribution in [3.05, 3.63) is 35.4 Å². The predicted octanol–water partition coefficient (Wildman–Crippen LogP) is 0.923. The fourth-order valence-corrected chi connectivity index (χ4v) is 0.983. The summed E-state index contributed by atoms with van der Waals surface area (Å²) in [6, 6.07) is 2.84. The molecule has 0 amide bonds. The first kappa shape index (κ1) is 9.09. The molecule has 66 valence electrons. The Labute approximate surface area is 69.2 Å². The van der Waals surface area contributed by atoms with Crippen LogP contribution >= 0.6 is 0 Å². The molecule has 0 aliphatic rings. The van der Waals surface area contributed by atoms with Crippen LogP contribution in [-0.2, 0) is 0 Å². The van der Waals surface area contributed by atoms with Gasteiger partial charge in [0.25, 0.3) is 0 Å². The second kappa shape index (κ2) is 3.60. The molecule has 12 heavy (non-hydrogen) atoms. The second-order valence-corrected chi connectivity index (χ2v) is 2.48. The van der Waals surface area contributed by atoms with Gasteiger partial charge in [-0.2, -0.15) is 0 Å². The van der Waals surface area contributed by atoms with Crippen LogP contribution in [0.4, 0.5) is 8.78 Å². The minimum atomic E-state index is -0.772. The van der Waals surface area contributed by atoms with E-state index in [9.17, 15) is 8.78 Å². The molecule has 0 saturated carbocycles. The molecule has 0 fully saturated rings. The van der Waals surface area contributed by atoms with Crippen LogP contribution in [0.25, 0.3) is 0 Å². The average molecular weight is 172 g/mol. The SMILES string of the molecule is NCC(N)c1c(F)cccc1F. The Kier molecular flexibility index (Phi) is 2.73. The maximum Gasteiger partial charge on any atom is 0.130 e. The summed E-state index contributed by atoms with van der Waals surface area (Å²) < 4.78 is 25.8. The molecule has 0 heterocycles. The third-order valence-corrected chi connectivity index (χ3v) is 1.62. The van der Waals surface area contributed by atoms with Crippen LogP contribution in [0.3, 0.4) is 0 Å². The normalized spacial score (nSPS) is 13.0.